The second-order valence-corrected chi connectivity index (χ2v) is 8.11. The minimum Gasteiger partial charge on any atom is -0.325 e. The van der Waals surface area contributed by atoms with E-state index in [-0.39, 0.29) is 23.0 Å². The molecule has 0 bridgehead atoms. The van der Waals surface area contributed by atoms with Crippen LogP contribution in [0.5, 0.6) is 0 Å². The number of nitrogens with zero attached hydrogens (tertiary/aromatic N) is 2. The van der Waals surface area contributed by atoms with Crippen LogP contribution in [0.4, 0.5) is 10.1 Å². The van der Waals surface area contributed by atoms with Crippen molar-refractivity contribution in [3.8, 4) is 5.69 Å². The molecule has 0 fully saturated rings. The summed E-state index contributed by atoms with van der Waals surface area (Å²) in [6, 6.07) is 18.5. The second kappa shape index (κ2) is 8.73. The molecule has 156 valence electrons. The van der Waals surface area contributed by atoms with Gasteiger partial charge in [-0.2, -0.15) is 0 Å². The molecule has 0 radical (unpaired) electrons. The van der Waals surface area contributed by atoms with Gasteiger partial charge in [0, 0.05) is 5.69 Å². The molecule has 1 aromatic heterocycles. The van der Waals surface area contributed by atoms with Crippen molar-refractivity contribution in [2.75, 3.05) is 11.1 Å². The maximum atomic E-state index is 13.3. The smallest absolute Gasteiger partial charge is 0.266 e. The van der Waals surface area contributed by atoms with Crippen LogP contribution in [0.15, 0.2) is 76.7 Å². The zero-order valence-electron chi connectivity index (χ0n) is 17.1. The Bertz CT molecular complexity index is 1330. The molecule has 0 aliphatic rings. The number of hydrogen-bond acceptors (Lipinski definition) is 4. The van der Waals surface area contributed by atoms with E-state index in [4.69, 9.17) is 0 Å². The molecule has 7 heteroatoms. The standard InChI is InChI=1S/C24H20FN3O2S/c1-15-7-12-19(13-16(15)2)28-23(30)20-5-3-4-6-21(20)27-24(28)31-14-22(29)26-18-10-8-17(25)9-11-18/h3-13H,14H2,1-2H3,(H,26,29). The first kappa shape index (κ1) is 20.8. The molecule has 0 aliphatic heterocycles. The highest BCUT2D eigenvalue weighted by molar-refractivity contribution is 7.99. The summed E-state index contributed by atoms with van der Waals surface area (Å²) in [6.45, 7) is 4.00. The molecule has 0 spiro atoms. The van der Waals surface area contributed by atoms with E-state index in [0.717, 1.165) is 11.1 Å². The first-order valence-corrected chi connectivity index (χ1v) is 10.7. The van der Waals surface area contributed by atoms with Gasteiger partial charge in [0.1, 0.15) is 5.82 Å². The van der Waals surface area contributed by atoms with Crippen molar-refractivity contribution in [2.24, 2.45) is 0 Å². The number of hydrogen-bond donors (Lipinski definition) is 1. The number of aromatic nitrogens is 2. The van der Waals surface area contributed by atoms with E-state index in [1.54, 1.807) is 22.8 Å². The van der Waals surface area contributed by atoms with Crippen LogP contribution in [0, 0.1) is 19.7 Å². The maximum Gasteiger partial charge on any atom is 0.266 e. The molecule has 0 saturated heterocycles. The number of rotatable bonds is 5. The number of fused-ring (bicyclic) bond motifs is 1. The topological polar surface area (TPSA) is 64.0 Å². The van der Waals surface area contributed by atoms with Crippen molar-refractivity contribution in [1.29, 1.82) is 0 Å². The van der Waals surface area contributed by atoms with E-state index >= 15 is 0 Å². The first-order chi connectivity index (χ1) is 14.9. The Kier molecular flexibility index (Phi) is 5.86. The fourth-order valence-corrected chi connectivity index (χ4v) is 3.97. The van der Waals surface area contributed by atoms with Crippen molar-refractivity contribution in [2.45, 2.75) is 19.0 Å². The average Bonchev–Trinajstić information content (AvgIpc) is 2.76. The van der Waals surface area contributed by atoms with Crippen molar-refractivity contribution in [3.63, 3.8) is 0 Å². The van der Waals surface area contributed by atoms with Crippen LogP contribution < -0.4 is 10.9 Å². The van der Waals surface area contributed by atoms with Crippen molar-refractivity contribution in [1.82, 2.24) is 9.55 Å². The summed E-state index contributed by atoms with van der Waals surface area (Å²) in [4.78, 5) is 30.4. The predicted octanol–water partition coefficient (Wildman–Crippen LogP) is 4.87. The van der Waals surface area contributed by atoms with Gasteiger partial charge in [-0.25, -0.2) is 9.37 Å². The average molecular weight is 434 g/mol. The minimum absolute atomic E-state index is 0.0486. The van der Waals surface area contributed by atoms with Crippen LogP contribution >= 0.6 is 11.8 Å². The Morgan fingerprint density at radius 2 is 1.77 bits per heavy atom. The molecule has 1 amide bonds. The van der Waals surface area contributed by atoms with Crippen molar-refractivity contribution < 1.29 is 9.18 Å². The summed E-state index contributed by atoms with van der Waals surface area (Å²) < 4.78 is 14.6. The maximum absolute atomic E-state index is 13.3. The van der Waals surface area contributed by atoms with Crippen LogP contribution in [0.3, 0.4) is 0 Å². The van der Waals surface area contributed by atoms with Crippen molar-refractivity contribution >= 4 is 34.3 Å². The van der Waals surface area contributed by atoms with E-state index in [1.807, 2.05) is 38.1 Å². The number of thioether (sulfide) groups is 1. The third-order valence-electron chi connectivity index (χ3n) is 4.95. The summed E-state index contributed by atoms with van der Waals surface area (Å²) >= 11 is 1.18. The second-order valence-electron chi connectivity index (χ2n) is 7.16. The highest BCUT2D eigenvalue weighted by Gasteiger charge is 2.15. The summed E-state index contributed by atoms with van der Waals surface area (Å²) in [5, 5.41) is 3.67. The number of halogens is 1. The van der Waals surface area contributed by atoms with Gasteiger partial charge in [-0.05, 0) is 73.5 Å². The van der Waals surface area contributed by atoms with Gasteiger partial charge in [0.25, 0.3) is 5.56 Å². The zero-order chi connectivity index (χ0) is 22.0. The Hall–Kier alpha value is -3.45. The molecule has 31 heavy (non-hydrogen) atoms. The van der Waals surface area contributed by atoms with E-state index in [0.29, 0.717) is 27.4 Å². The molecule has 1 heterocycles. The third-order valence-corrected chi connectivity index (χ3v) is 5.89. The monoisotopic (exact) mass is 433 g/mol. The molecule has 0 saturated carbocycles. The van der Waals surface area contributed by atoms with Crippen LogP contribution in [0.1, 0.15) is 11.1 Å². The quantitative estimate of drug-likeness (QED) is 0.360. The van der Waals surface area contributed by atoms with Gasteiger partial charge in [-0.15, -0.1) is 0 Å². The Labute approximate surface area is 182 Å². The van der Waals surface area contributed by atoms with Gasteiger partial charge in [0.2, 0.25) is 5.91 Å². The lowest BCUT2D eigenvalue weighted by molar-refractivity contribution is -0.113. The van der Waals surface area contributed by atoms with Gasteiger partial charge < -0.3 is 5.32 Å². The number of para-hydroxylation sites is 1. The summed E-state index contributed by atoms with van der Waals surface area (Å²) in [7, 11) is 0. The van der Waals surface area contributed by atoms with E-state index in [9.17, 15) is 14.0 Å². The SMILES string of the molecule is Cc1ccc(-n2c(SCC(=O)Nc3ccc(F)cc3)nc3ccccc3c2=O)cc1C. The molecule has 0 aliphatic carbocycles. The Morgan fingerprint density at radius 3 is 2.52 bits per heavy atom. The van der Waals surface area contributed by atoms with E-state index in [2.05, 4.69) is 10.3 Å². The molecule has 0 atom stereocenters. The largest absolute Gasteiger partial charge is 0.325 e. The molecule has 3 aromatic carbocycles. The van der Waals surface area contributed by atoms with Gasteiger partial charge in [-0.1, -0.05) is 30.0 Å². The predicted molar refractivity (Wildman–Crippen MR) is 123 cm³/mol. The number of nitrogens with one attached hydrogen (secondary N) is 1. The molecule has 5 nitrogen and oxygen atoms in total. The number of amides is 1. The summed E-state index contributed by atoms with van der Waals surface area (Å²) in [6.07, 6.45) is 0. The fraction of sp³-hybridized carbons (Fsp3) is 0.125. The molecular formula is C24H20FN3O2S. The number of carbonyl (C=O) groups excluding carboxylic acids is 1. The number of carbonyl (C=O) groups is 1. The Morgan fingerprint density at radius 1 is 1.03 bits per heavy atom. The molecule has 4 rings (SSSR count). The van der Waals surface area contributed by atoms with Gasteiger partial charge in [-0.3, -0.25) is 14.2 Å². The molecule has 1 N–H and O–H groups in total. The lowest BCUT2D eigenvalue weighted by Crippen LogP contribution is -2.23. The van der Waals surface area contributed by atoms with Crippen LogP contribution in [-0.2, 0) is 4.79 Å². The lowest BCUT2D eigenvalue weighted by Gasteiger charge is -2.14. The fourth-order valence-electron chi connectivity index (χ4n) is 3.16. The van der Waals surface area contributed by atoms with E-state index < -0.39 is 0 Å². The highest BCUT2D eigenvalue weighted by Crippen LogP contribution is 2.23. The van der Waals surface area contributed by atoms with Gasteiger partial charge in [0.15, 0.2) is 5.16 Å². The van der Waals surface area contributed by atoms with E-state index in [1.165, 1.54) is 36.0 Å². The zero-order valence-corrected chi connectivity index (χ0v) is 17.9. The number of anilines is 1. The summed E-state index contributed by atoms with van der Waals surface area (Å²) in [5.74, 6) is -0.594. The van der Waals surface area contributed by atoms with Crippen molar-refractivity contribution in [3.05, 3.63) is 94.0 Å². The first-order valence-electron chi connectivity index (χ1n) is 9.70. The van der Waals surface area contributed by atoms with Crippen LogP contribution in [-0.4, -0.2) is 21.2 Å². The van der Waals surface area contributed by atoms with Crippen LogP contribution in [0.25, 0.3) is 16.6 Å². The van der Waals surface area contributed by atoms with Gasteiger partial charge >= 0.3 is 0 Å². The molecule has 4 aromatic rings. The Balaban J connectivity index is 1.68. The van der Waals surface area contributed by atoms with Crippen LogP contribution in [0.2, 0.25) is 0 Å². The highest BCUT2D eigenvalue weighted by atomic mass is 32.2. The minimum atomic E-state index is -0.370. The number of aryl methyl sites for hydroxylation is 2. The number of benzene rings is 3. The summed E-state index contributed by atoms with van der Waals surface area (Å²) in [5.41, 5.74) is 3.78. The normalized spacial score (nSPS) is 10.9. The third kappa shape index (κ3) is 4.51. The van der Waals surface area contributed by atoms with Gasteiger partial charge in [0.05, 0.1) is 22.3 Å². The molecule has 0 unspecified atom stereocenters. The lowest BCUT2D eigenvalue weighted by atomic mass is 10.1. The molecular weight excluding hydrogens is 413 g/mol.